The van der Waals surface area contributed by atoms with Gasteiger partial charge in [0.1, 0.15) is 41.7 Å². The molecule has 2 aliphatic carbocycles. The van der Waals surface area contributed by atoms with Crippen molar-refractivity contribution in [3.63, 3.8) is 0 Å². The van der Waals surface area contributed by atoms with Crippen LogP contribution in [0.4, 0.5) is 0 Å². The second-order valence-corrected chi connectivity index (χ2v) is 12.7. The summed E-state index contributed by atoms with van der Waals surface area (Å²) in [5.41, 5.74) is 9.10. The Labute approximate surface area is 249 Å². The van der Waals surface area contributed by atoms with Crippen molar-refractivity contribution < 1.29 is 59.9 Å². The standard InChI is InChI=1S/C26H49N5O12/c1-25(39)9-41-23(19(37)22(25)29-2)43-20-12(31-24(38)26(40)6-10(27)7-26)5-11(28)14(16(20)34)21-18(36)17(35)15(33)13(42-21)8-30-3-4-32/h10-23,29-30,32-37,39-40H,3-9,27-28H2,1-2H3,(H,31,38). The lowest BCUT2D eigenvalue weighted by molar-refractivity contribution is -0.303. The molecule has 2 saturated carbocycles. The van der Waals surface area contributed by atoms with E-state index < -0.39 is 96.3 Å². The minimum Gasteiger partial charge on any atom is -0.395 e. The molecule has 4 rings (SSSR count). The van der Waals surface area contributed by atoms with Crippen LogP contribution in [0.1, 0.15) is 26.2 Å². The minimum absolute atomic E-state index is 0.00678. The topological polar surface area (TPSA) is 295 Å². The molecule has 14 atom stereocenters. The number of aliphatic hydroxyl groups is 8. The van der Waals surface area contributed by atoms with E-state index >= 15 is 0 Å². The van der Waals surface area contributed by atoms with Crippen molar-refractivity contribution in [2.75, 3.05) is 33.4 Å². The quantitative estimate of drug-likeness (QED) is 0.101. The summed E-state index contributed by atoms with van der Waals surface area (Å²) in [4.78, 5) is 13.1. The first-order valence-electron chi connectivity index (χ1n) is 14.7. The number of hydrogen-bond acceptors (Lipinski definition) is 16. The Kier molecular flexibility index (Phi) is 11.1. The second-order valence-electron chi connectivity index (χ2n) is 12.7. The van der Waals surface area contributed by atoms with E-state index in [1.165, 1.54) is 14.0 Å². The van der Waals surface area contributed by atoms with E-state index in [9.17, 15) is 40.5 Å². The molecule has 0 aromatic rings. The summed E-state index contributed by atoms with van der Waals surface area (Å²) in [6.45, 7) is 1.24. The molecular formula is C26H49N5O12. The number of hydrogen-bond donors (Lipinski definition) is 13. The van der Waals surface area contributed by atoms with Crippen molar-refractivity contribution in [3.8, 4) is 0 Å². The summed E-state index contributed by atoms with van der Waals surface area (Å²) in [7, 11) is 1.54. The molecule has 14 unspecified atom stereocenters. The van der Waals surface area contributed by atoms with Crippen molar-refractivity contribution in [2.45, 2.75) is 117 Å². The van der Waals surface area contributed by atoms with Crippen molar-refractivity contribution >= 4 is 5.91 Å². The number of ether oxygens (including phenoxy) is 3. The molecule has 0 aromatic carbocycles. The number of likely N-dealkylation sites (N-methyl/N-ethyl adjacent to an activating group) is 1. The van der Waals surface area contributed by atoms with Crippen LogP contribution in [0.3, 0.4) is 0 Å². The summed E-state index contributed by atoms with van der Waals surface area (Å²) in [5, 5.41) is 93.6. The van der Waals surface area contributed by atoms with Crippen molar-refractivity contribution in [2.24, 2.45) is 17.4 Å². The first-order valence-corrected chi connectivity index (χ1v) is 14.7. The lowest BCUT2D eigenvalue weighted by Crippen LogP contribution is -2.72. The van der Waals surface area contributed by atoms with Crippen LogP contribution < -0.4 is 27.4 Å². The van der Waals surface area contributed by atoms with Crippen LogP contribution in [0.5, 0.6) is 0 Å². The maximum absolute atomic E-state index is 13.1. The van der Waals surface area contributed by atoms with Crippen LogP contribution in [0.15, 0.2) is 0 Å². The highest BCUT2D eigenvalue weighted by molar-refractivity contribution is 5.86. The Balaban J connectivity index is 1.59. The van der Waals surface area contributed by atoms with Crippen LogP contribution >= 0.6 is 0 Å². The zero-order chi connectivity index (χ0) is 31.9. The van der Waals surface area contributed by atoms with Gasteiger partial charge in [0.05, 0.1) is 43.6 Å². The van der Waals surface area contributed by atoms with Gasteiger partial charge in [0.15, 0.2) is 6.29 Å². The van der Waals surface area contributed by atoms with E-state index in [1.54, 1.807) is 0 Å². The number of nitrogens with one attached hydrogen (secondary N) is 3. The van der Waals surface area contributed by atoms with Crippen molar-refractivity contribution in [1.29, 1.82) is 0 Å². The Morgan fingerprint density at radius 1 is 1.02 bits per heavy atom. The summed E-state index contributed by atoms with van der Waals surface area (Å²) >= 11 is 0. The van der Waals surface area contributed by atoms with Gasteiger partial charge in [-0.05, 0) is 20.4 Å². The van der Waals surface area contributed by atoms with Gasteiger partial charge in [0.2, 0.25) is 0 Å². The molecule has 43 heavy (non-hydrogen) atoms. The van der Waals surface area contributed by atoms with Gasteiger partial charge in [-0.2, -0.15) is 0 Å². The van der Waals surface area contributed by atoms with Crippen LogP contribution in [0.25, 0.3) is 0 Å². The predicted molar refractivity (Wildman–Crippen MR) is 147 cm³/mol. The highest BCUT2D eigenvalue weighted by Crippen LogP contribution is 2.38. The second kappa shape index (κ2) is 13.7. The summed E-state index contributed by atoms with van der Waals surface area (Å²) in [5.74, 6) is -1.85. The zero-order valence-corrected chi connectivity index (χ0v) is 24.4. The molecule has 2 aliphatic heterocycles. The summed E-state index contributed by atoms with van der Waals surface area (Å²) < 4.78 is 17.7. The molecule has 17 heteroatoms. The molecule has 4 fully saturated rings. The molecule has 2 saturated heterocycles. The lowest BCUT2D eigenvalue weighted by atomic mass is 9.71. The molecule has 0 spiro atoms. The van der Waals surface area contributed by atoms with E-state index in [2.05, 4.69) is 16.0 Å². The predicted octanol–water partition coefficient (Wildman–Crippen LogP) is -7.10. The highest BCUT2D eigenvalue weighted by Gasteiger charge is 2.57. The smallest absolute Gasteiger partial charge is 0.252 e. The molecule has 0 aromatic heterocycles. The normalized spacial score (nSPS) is 50.6. The monoisotopic (exact) mass is 623 g/mol. The van der Waals surface area contributed by atoms with E-state index in [-0.39, 0.29) is 51.6 Å². The fourth-order valence-electron chi connectivity index (χ4n) is 6.86. The fraction of sp³-hybridized carbons (Fsp3) is 0.962. The zero-order valence-electron chi connectivity index (χ0n) is 24.4. The molecule has 17 nitrogen and oxygen atoms in total. The van der Waals surface area contributed by atoms with E-state index in [0.29, 0.717) is 0 Å². The van der Waals surface area contributed by atoms with Crippen LogP contribution in [-0.4, -0.2) is 171 Å². The molecule has 2 heterocycles. The van der Waals surface area contributed by atoms with Crippen molar-refractivity contribution in [1.82, 2.24) is 16.0 Å². The summed E-state index contributed by atoms with van der Waals surface area (Å²) in [6, 6.07) is -3.20. The Morgan fingerprint density at radius 2 is 1.70 bits per heavy atom. The number of rotatable bonds is 10. The number of carbonyl (C=O) groups excluding carboxylic acids is 1. The molecule has 0 radical (unpaired) electrons. The lowest BCUT2D eigenvalue weighted by Gasteiger charge is -2.52. The maximum atomic E-state index is 13.1. The van der Waals surface area contributed by atoms with Gasteiger partial charge >= 0.3 is 0 Å². The van der Waals surface area contributed by atoms with Crippen LogP contribution in [0.2, 0.25) is 0 Å². The average molecular weight is 624 g/mol. The maximum Gasteiger partial charge on any atom is 0.252 e. The van der Waals surface area contributed by atoms with E-state index in [1.807, 2.05) is 0 Å². The Bertz CT molecular complexity index is 944. The fourth-order valence-corrected chi connectivity index (χ4v) is 6.86. The van der Waals surface area contributed by atoms with Gasteiger partial charge in [0, 0.05) is 43.9 Å². The molecule has 1 amide bonds. The van der Waals surface area contributed by atoms with Crippen molar-refractivity contribution in [3.05, 3.63) is 0 Å². The van der Waals surface area contributed by atoms with Gasteiger partial charge in [-0.3, -0.25) is 4.79 Å². The highest BCUT2D eigenvalue weighted by atomic mass is 16.7. The molecule has 4 aliphatic rings. The van der Waals surface area contributed by atoms with E-state index in [0.717, 1.165) is 0 Å². The third-order valence-corrected chi connectivity index (χ3v) is 9.28. The Hall–Kier alpha value is -1.13. The van der Waals surface area contributed by atoms with Crippen LogP contribution in [0, 0.1) is 5.92 Å². The molecular weight excluding hydrogens is 574 g/mol. The molecule has 0 bridgehead atoms. The first kappa shape index (κ1) is 34.7. The summed E-state index contributed by atoms with van der Waals surface area (Å²) in [6.07, 6.45) is -12.9. The van der Waals surface area contributed by atoms with Gasteiger partial charge < -0.3 is 82.5 Å². The number of carbonyl (C=O) groups is 1. The van der Waals surface area contributed by atoms with Gasteiger partial charge in [0.25, 0.3) is 5.91 Å². The largest absolute Gasteiger partial charge is 0.395 e. The number of aliphatic hydroxyl groups excluding tert-OH is 6. The molecule has 15 N–H and O–H groups in total. The first-order chi connectivity index (χ1) is 20.1. The SMILES string of the molecule is CNC1C(O)C(OC2C(NC(=O)C3(O)CC(N)C3)CC(N)C(C3OC(CNCCO)C(O)C(O)C3O)C2O)OCC1(C)O. The average Bonchev–Trinajstić information content (AvgIpc) is 2.92. The van der Waals surface area contributed by atoms with Gasteiger partial charge in [-0.25, -0.2) is 0 Å². The third-order valence-electron chi connectivity index (χ3n) is 9.28. The van der Waals surface area contributed by atoms with Crippen LogP contribution in [-0.2, 0) is 19.0 Å². The Morgan fingerprint density at radius 3 is 2.30 bits per heavy atom. The number of nitrogens with two attached hydrogens (primary N) is 2. The third kappa shape index (κ3) is 7.01. The van der Waals surface area contributed by atoms with E-state index in [4.69, 9.17) is 30.8 Å². The van der Waals surface area contributed by atoms with Gasteiger partial charge in [-0.1, -0.05) is 0 Å². The van der Waals surface area contributed by atoms with Gasteiger partial charge in [-0.15, -0.1) is 0 Å². The number of amides is 1. The minimum atomic E-state index is -1.72. The molecule has 250 valence electrons.